The molecule has 2 N–H and O–H groups in total. The number of benzene rings is 3. The molecule has 0 fully saturated rings. The molecule has 0 radical (unpaired) electrons. The van der Waals surface area contributed by atoms with E-state index in [0.29, 0.717) is 46.0 Å². The maximum Gasteiger partial charge on any atom is 0.255 e. The fraction of sp³-hybridized carbons (Fsp3) is 0.207. The minimum absolute atomic E-state index is 0.155. The van der Waals surface area contributed by atoms with Gasteiger partial charge in [-0.15, -0.1) is 5.10 Å². The average Bonchev–Trinajstić information content (AvgIpc) is 3.59. The number of carbonyl (C=O) groups is 1. The first kappa shape index (κ1) is 24.4. The van der Waals surface area contributed by atoms with Crippen molar-refractivity contribution in [2.75, 3.05) is 43.5 Å². The van der Waals surface area contributed by atoms with E-state index in [1.165, 1.54) is 0 Å². The molecule has 2 aliphatic heterocycles. The van der Waals surface area contributed by atoms with Gasteiger partial charge in [0.15, 0.2) is 17.3 Å². The summed E-state index contributed by atoms with van der Waals surface area (Å²) in [4.78, 5) is 20.7. The number of hydrogen-bond acceptors (Lipinski definition) is 8. The van der Waals surface area contributed by atoms with Crippen LogP contribution in [-0.2, 0) is 4.79 Å². The first-order valence-corrected chi connectivity index (χ1v) is 12.5. The molecule has 10 nitrogen and oxygen atoms in total. The zero-order valence-corrected chi connectivity index (χ0v) is 22.1. The Hall–Kier alpha value is -4.99. The van der Waals surface area contributed by atoms with Gasteiger partial charge in [-0.1, -0.05) is 18.2 Å². The van der Waals surface area contributed by atoms with Gasteiger partial charge in [-0.3, -0.25) is 4.79 Å². The molecule has 4 aromatic rings. The zero-order valence-electron chi connectivity index (χ0n) is 22.1. The SMILES string of the molecule is COc1ccccc1NC(=O)C1=C(C)Nc2nc(-c3ccc(N(C)C)cc3)nn2C1c1ccc2c(c1)OCO2. The highest BCUT2D eigenvalue weighted by Gasteiger charge is 2.35. The molecule has 39 heavy (non-hydrogen) atoms. The molecule has 3 heterocycles. The second-order valence-corrected chi connectivity index (χ2v) is 9.48. The van der Waals surface area contributed by atoms with Crippen LogP contribution < -0.4 is 29.7 Å². The maximum atomic E-state index is 13.9. The summed E-state index contributed by atoms with van der Waals surface area (Å²) >= 11 is 0. The smallest absolute Gasteiger partial charge is 0.255 e. The molecule has 6 rings (SSSR count). The summed E-state index contributed by atoms with van der Waals surface area (Å²) in [6, 6.07) is 20.4. The fourth-order valence-corrected chi connectivity index (χ4v) is 4.80. The molecule has 1 amide bonds. The first-order chi connectivity index (χ1) is 18.9. The third-order valence-corrected chi connectivity index (χ3v) is 6.81. The zero-order chi connectivity index (χ0) is 27.1. The van der Waals surface area contributed by atoms with Crippen molar-refractivity contribution in [3.63, 3.8) is 0 Å². The van der Waals surface area contributed by atoms with Crippen molar-refractivity contribution >= 4 is 23.2 Å². The van der Waals surface area contributed by atoms with Crippen molar-refractivity contribution in [2.24, 2.45) is 0 Å². The van der Waals surface area contributed by atoms with Crippen molar-refractivity contribution < 1.29 is 19.0 Å². The third kappa shape index (κ3) is 4.39. The van der Waals surface area contributed by atoms with Crippen LogP contribution in [0.5, 0.6) is 17.2 Å². The van der Waals surface area contributed by atoms with Crippen LogP contribution in [0.4, 0.5) is 17.3 Å². The largest absolute Gasteiger partial charge is 0.495 e. The van der Waals surface area contributed by atoms with Crippen LogP contribution in [-0.4, -0.2) is 48.7 Å². The number of nitrogens with zero attached hydrogens (tertiary/aromatic N) is 4. The van der Waals surface area contributed by atoms with E-state index < -0.39 is 6.04 Å². The molecule has 198 valence electrons. The van der Waals surface area contributed by atoms with Gasteiger partial charge in [-0.2, -0.15) is 4.98 Å². The second kappa shape index (κ2) is 9.71. The number of rotatable bonds is 6. The third-order valence-electron chi connectivity index (χ3n) is 6.81. The molecular weight excluding hydrogens is 496 g/mol. The number of ether oxygens (including phenoxy) is 3. The quantitative estimate of drug-likeness (QED) is 0.375. The average molecular weight is 525 g/mol. The topological polar surface area (TPSA) is 103 Å². The lowest BCUT2D eigenvalue weighted by Gasteiger charge is -2.29. The molecule has 0 bridgehead atoms. The number of aromatic nitrogens is 3. The maximum absolute atomic E-state index is 13.9. The molecule has 1 atom stereocenters. The van der Waals surface area contributed by atoms with Crippen molar-refractivity contribution in [2.45, 2.75) is 13.0 Å². The van der Waals surface area contributed by atoms with E-state index in [4.69, 9.17) is 24.3 Å². The molecule has 10 heteroatoms. The molecule has 1 aromatic heterocycles. The number of methoxy groups -OCH3 is 1. The Morgan fingerprint density at radius 3 is 2.62 bits per heavy atom. The van der Waals surface area contributed by atoms with Gasteiger partial charge in [0, 0.05) is 31.0 Å². The Balaban J connectivity index is 1.43. The number of carbonyl (C=O) groups excluding carboxylic acids is 1. The van der Waals surface area contributed by atoms with E-state index >= 15 is 0 Å². The Kier molecular flexibility index (Phi) is 6.07. The van der Waals surface area contributed by atoms with Crippen LogP contribution in [0.25, 0.3) is 11.4 Å². The summed E-state index contributed by atoms with van der Waals surface area (Å²) in [5.41, 5.74) is 4.48. The number of nitrogens with one attached hydrogen (secondary N) is 2. The Morgan fingerprint density at radius 1 is 1.08 bits per heavy atom. The van der Waals surface area contributed by atoms with Gasteiger partial charge in [-0.25, -0.2) is 4.68 Å². The summed E-state index contributed by atoms with van der Waals surface area (Å²) in [6.45, 7) is 2.02. The fourth-order valence-electron chi connectivity index (χ4n) is 4.80. The summed E-state index contributed by atoms with van der Waals surface area (Å²) in [5.74, 6) is 2.65. The highest BCUT2D eigenvalue weighted by molar-refractivity contribution is 6.06. The van der Waals surface area contributed by atoms with Gasteiger partial charge < -0.3 is 29.7 Å². The van der Waals surface area contributed by atoms with E-state index in [2.05, 4.69) is 10.6 Å². The van der Waals surface area contributed by atoms with Crippen molar-refractivity contribution in [1.29, 1.82) is 0 Å². The Labute approximate surface area is 225 Å². The van der Waals surface area contributed by atoms with Crippen LogP contribution in [0.3, 0.4) is 0 Å². The number of fused-ring (bicyclic) bond motifs is 2. The first-order valence-electron chi connectivity index (χ1n) is 12.5. The summed E-state index contributed by atoms with van der Waals surface area (Å²) in [6.07, 6.45) is 0. The molecule has 2 aliphatic rings. The monoisotopic (exact) mass is 524 g/mol. The lowest BCUT2D eigenvalue weighted by molar-refractivity contribution is -0.113. The highest BCUT2D eigenvalue weighted by atomic mass is 16.7. The van der Waals surface area contributed by atoms with Crippen molar-refractivity contribution in [3.05, 3.63) is 83.6 Å². The van der Waals surface area contributed by atoms with Gasteiger partial charge in [0.2, 0.25) is 12.7 Å². The van der Waals surface area contributed by atoms with E-state index in [-0.39, 0.29) is 12.7 Å². The van der Waals surface area contributed by atoms with Gasteiger partial charge in [-0.05, 0) is 61.0 Å². The Bertz CT molecular complexity index is 1590. The predicted octanol–water partition coefficient (Wildman–Crippen LogP) is 4.68. The highest BCUT2D eigenvalue weighted by Crippen LogP contribution is 2.41. The van der Waals surface area contributed by atoms with E-state index in [9.17, 15) is 4.79 Å². The van der Waals surface area contributed by atoms with Crippen LogP contribution >= 0.6 is 0 Å². The normalized spacial score (nSPS) is 15.4. The van der Waals surface area contributed by atoms with E-state index in [1.54, 1.807) is 23.9 Å². The minimum Gasteiger partial charge on any atom is -0.495 e. The number of allylic oxidation sites excluding steroid dienone is 1. The van der Waals surface area contributed by atoms with Gasteiger partial charge in [0.1, 0.15) is 11.8 Å². The number of anilines is 3. The molecule has 0 saturated carbocycles. The summed E-state index contributed by atoms with van der Waals surface area (Å²) in [5, 5.41) is 11.2. The summed E-state index contributed by atoms with van der Waals surface area (Å²) < 4.78 is 18.4. The van der Waals surface area contributed by atoms with Crippen molar-refractivity contribution in [1.82, 2.24) is 14.8 Å². The lowest BCUT2D eigenvalue weighted by atomic mass is 9.94. The molecule has 1 unspecified atom stereocenters. The molecule has 0 saturated heterocycles. The molecule has 0 aliphatic carbocycles. The van der Waals surface area contributed by atoms with Crippen LogP contribution in [0, 0.1) is 0 Å². The molecular formula is C29H28N6O4. The number of amides is 1. The molecule has 3 aromatic carbocycles. The van der Waals surface area contributed by atoms with Gasteiger partial charge in [0.05, 0.1) is 18.4 Å². The van der Waals surface area contributed by atoms with Crippen LogP contribution in [0.2, 0.25) is 0 Å². The van der Waals surface area contributed by atoms with E-state index in [0.717, 1.165) is 16.8 Å². The Morgan fingerprint density at radius 2 is 1.85 bits per heavy atom. The number of para-hydroxylation sites is 2. The van der Waals surface area contributed by atoms with Gasteiger partial charge in [0.25, 0.3) is 5.91 Å². The van der Waals surface area contributed by atoms with Crippen LogP contribution in [0.1, 0.15) is 18.5 Å². The van der Waals surface area contributed by atoms with E-state index in [1.807, 2.05) is 80.5 Å². The minimum atomic E-state index is -0.576. The predicted molar refractivity (Wildman–Crippen MR) is 148 cm³/mol. The van der Waals surface area contributed by atoms with Crippen LogP contribution in [0.15, 0.2) is 78.0 Å². The number of hydrogen-bond donors (Lipinski definition) is 2. The molecule has 0 spiro atoms. The lowest BCUT2D eigenvalue weighted by Crippen LogP contribution is -2.31. The standard InChI is InChI=1S/C29H28N6O4/c1-17-25(28(36)31-21-7-5-6-8-22(21)37-4)26(19-11-14-23-24(15-19)39-16-38-23)35-29(30-17)32-27(33-35)18-9-12-20(13-10-18)34(2)3/h5-15,26H,16H2,1-4H3,(H,31,36)(H,30,32,33). The summed E-state index contributed by atoms with van der Waals surface area (Å²) in [7, 11) is 5.56. The second-order valence-electron chi connectivity index (χ2n) is 9.48. The van der Waals surface area contributed by atoms with Gasteiger partial charge >= 0.3 is 0 Å². The van der Waals surface area contributed by atoms with Crippen molar-refractivity contribution in [3.8, 4) is 28.6 Å².